The van der Waals surface area contributed by atoms with Crippen molar-refractivity contribution in [1.29, 1.82) is 0 Å². The lowest BCUT2D eigenvalue weighted by Crippen LogP contribution is -2.39. The topological polar surface area (TPSA) is 18.5 Å². The van der Waals surface area contributed by atoms with E-state index >= 15 is 0 Å². The number of hydrogen-bond acceptors (Lipinski definition) is 2. The molecule has 0 spiro atoms. The van der Waals surface area contributed by atoms with Gasteiger partial charge in [-0.05, 0) is 31.6 Å². The Hall–Kier alpha value is -0.0800. The second kappa shape index (κ2) is 4.30. The van der Waals surface area contributed by atoms with Crippen LogP contribution in [0.25, 0.3) is 0 Å². The molecule has 4 unspecified atom stereocenters. The van der Waals surface area contributed by atoms with Crippen LogP contribution in [0.3, 0.4) is 0 Å². The predicted octanol–water partition coefficient (Wildman–Crippen LogP) is 3.25. The van der Waals surface area contributed by atoms with Crippen LogP contribution in [0.15, 0.2) is 0 Å². The number of fused-ring (bicyclic) bond motifs is 2. The van der Waals surface area contributed by atoms with E-state index < -0.39 is 0 Å². The molecule has 2 heterocycles. The van der Waals surface area contributed by atoms with Gasteiger partial charge in [0.15, 0.2) is 0 Å². The number of ether oxygens (including phenoxy) is 2. The molecule has 2 nitrogen and oxygen atoms in total. The van der Waals surface area contributed by atoms with Gasteiger partial charge in [0.2, 0.25) is 0 Å². The standard InChI is InChI=1S/C14H26O2/c1-9(2)6-12-13-11(5)16-14(12,8-15-13)7-10(3)4/h9-13H,6-8H2,1-5H3. The van der Waals surface area contributed by atoms with Gasteiger partial charge < -0.3 is 9.47 Å². The Morgan fingerprint density at radius 2 is 1.88 bits per heavy atom. The maximum absolute atomic E-state index is 6.25. The Kier molecular flexibility index (Phi) is 3.33. The van der Waals surface area contributed by atoms with Crippen LogP contribution in [0.5, 0.6) is 0 Å². The predicted molar refractivity (Wildman–Crippen MR) is 65.4 cm³/mol. The minimum absolute atomic E-state index is 0.0303. The normalized spacial score (nSPS) is 42.6. The highest BCUT2D eigenvalue weighted by atomic mass is 16.6. The zero-order valence-corrected chi connectivity index (χ0v) is 11.3. The van der Waals surface area contributed by atoms with Gasteiger partial charge in [-0.1, -0.05) is 27.7 Å². The largest absolute Gasteiger partial charge is 0.372 e. The zero-order valence-electron chi connectivity index (χ0n) is 11.3. The minimum atomic E-state index is 0.0303. The lowest BCUT2D eigenvalue weighted by atomic mass is 9.78. The van der Waals surface area contributed by atoms with Gasteiger partial charge in [-0.3, -0.25) is 0 Å². The van der Waals surface area contributed by atoms with Crippen molar-refractivity contribution in [2.45, 2.75) is 65.3 Å². The molecule has 0 aromatic heterocycles. The van der Waals surface area contributed by atoms with Gasteiger partial charge in [0.25, 0.3) is 0 Å². The third-order valence-electron chi connectivity index (χ3n) is 3.95. The van der Waals surface area contributed by atoms with E-state index in [0.717, 1.165) is 18.9 Å². The van der Waals surface area contributed by atoms with Gasteiger partial charge >= 0.3 is 0 Å². The molecule has 2 rings (SSSR count). The molecule has 2 heteroatoms. The van der Waals surface area contributed by atoms with Crippen LogP contribution in [0.1, 0.15) is 47.5 Å². The van der Waals surface area contributed by atoms with Crippen LogP contribution >= 0.6 is 0 Å². The first-order valence-electron chi connectivity index (χ1n) is 6.74. The summed E-state index contributed by atoms with van der Waals surface area (Å²) in [6.07, 6.45) is 3.02. The smallest absolute Gasteiger partial charge is 0.0976 e. The zero-order chi connectivity index (χ0) is 11.9. The highest BCUT2D eigenvalue weighted by Gasteiger charge is 2.59. The molecule has 0 amide bonds. The summed E-state index contributed by atoms with van der Waals surface area (Å²) in [5, 5.41) is 0. The van der Waals surface area contributed by atoms with Crippen LogP contribution in [-0.2, 0) is 9.47 Å². The lowest BCUT2D eigenvalue weighted by molar-refractivity contribution is -0.143. The summed E-state index contributed by atoms with van der Waals surface area (Å²) in [6.45, 7) is 12.1. The molecule has 2 bridgehead atoms. The second-order valence-electron chi connectivity index (χ2n) is 6.50. The molecular formula is C14H26O2. The third kappa shape index (κ3) is 2.02. The van der Waals surface area contributed by atoms with E-state index in [-0.39, 0.29) is 11.7 Å². The summed E-state index contributed by atoms with van der Waals surface area (Å²) >= 11 is 0. The van der Waals surface area contributed by atoms with Crippen LogP contribution in [0.2, 0.25) is 0 Å². The van der Waals surface area contributed by atoms with Crippen molar-refractivity contribution >= 4 is 0 Å². The molecule has 4 atom stereocenters. The van der Waals surface area contributed by atoms with E-state index in [2.05, 4.69) is 34.6 Å². The maximum atomic E-state index is 6.25. The van der Waals surface area contributed by atoms with Crippen molar-refractivity contribution in [1.82, 2.24) is 0 Å². The van der Waals surface area contributed by atoms with E-state index in [9.17, 15) is 0 Å². The molecule has 16 heavy (non-hydrogen) atoms. The molecule has 0 aliphatic carbocycles. The first-order chi connectivity index (χ1) is 7.44. The fraction of sp³-hybridized carbons (Fsp3) is 1.00. The van der Waals surface area contributed by atoms with E-state index in [1.807, 2.05) is 0 Å². The van der Waals surface area contributed by atoms with E-state index in [4.69, 9.17) is 9.47 Å². The van der Waals surface area contributed by atoms with Crippen LogP contribution in [-0.4, -0.2) is 24.4 Å². The molecular weight excluding hydrogens is 200 g/mol. The molecule has 94 valence electrons. The summed E-state index contributed by atoms with van der Waals surface area (Å²) < 4.78 is 12.2. The second-order valence-corrected chi connectivity index (χ2v) is 6.50. The Morgan fingerprint density at radius 3 is 2.38 bits per heavy atom. The van der Waals surface area contributed by atoms with Crippen LogP contribution in [0, 0.1) is 17.8 Å². The minimum Gasteiger partial charge on any atom is -0.372 e. The van der Waals surface area contributed by atoms with Gasteiger partial charge in [-0.2, -0.15) is 0 Å². The molecule has 2 aliphatic heterocycles. The Morgan fingerprint density at radius 1 is 1.19 bits per heavy atom. The number of hydrogen-bond donors (Lipinski definition) is 0. The monoisotopic (exact) mass is 226 g/mol. The van der Waals surface area contributed by atoms with Gasteiger partial charge in [0.1, 0.15) is 0 Å². The van der Waals surface area contributed by atoms with Crippen molar-refractivity contribution in [2.75, 3.05) is 6.61 Å². The average molecular weight is 226 g/mol. The summed E-state index contributed by atoms with van der Waals surface area (Å²) in [5.41, 5.74) is 0.0303. The van der Waals surface area contributed by atoms with Gasteiger partial charge in [0.05, 0.1) is 24.4 Å². The molecule has 0 saturated carbocycles. The first kappa shape index (κ1) is 12.4. The van der Waals surface area contributed by atoms with Gasteiger partial charge in [0, 0.05) is 5.92 Å². The van der Waals surface area contributed by atoms with Crippen LogP contribution < -0.4 is 0 Å². The molecule has 0 aromatic rings. The Labute approximate surface area is 99.7 Å². The van der Waals surface area contributed by atoms with Gasteiger partial charge in [-0.25, -0.2) is 0 Å². The average Bonchev–Trinajstić information content (AvgIpc) is 2.54. The molecule has 0 N–H and O–H groups in total. The summed E-state index contributed by atoms with van der Waals surface area (Å²) in [7, 11) is 0. The fourth-order valence-corrected chi connectivity index (χ4v) is 3.59. The molecule has 2 saturated heterocycles. The third-order valence-corrected chi connectivity index (χ3v) is 3.95. The van der Waals surface area contributed by atoms with E-state index in [1.54, 1.807) is 0 Å². The van der Waals surface area contributed by atoms with Crippen molar-refractivity contribution in [2.24, 2.45) is 17.8 Å². The molecule has 2 fully saturated rings. The summed E-state index contributed by atoms with van der Waals surface area (Å²) in [4.78, 5) is 0. The Bertz CT molecular complexity index is 249. The van der Waals surface area contributed by atoms with Crippen molar-refractivity contribution in [3.05, 3.63) is 0 Å². The van der Waals surface area contributed by atoms with Crippen LogP contribution in [0.4, 0.5) is 0 Å². The van der Waals surface area contributed by atoms with Crippen molar-refractivity contribution in [3.63, 3.8) is 0 Å². The highest BCUT2D eigenvalue weighted by Crippen LogP contribution is 2.50. The maximum Gasteiger partial charge on any atom is 0.0976 e. The summed E-state index contributed by atoms with van der Waals surface area (Å²) in [6, 6.07) is 0. The Balaban J connectivity index is 2.14. The summed E-state index contributed by atoms with van der Waals surface area (Å²) in [5.74, 6) is 2.03. The SMILES string of the molecule is CC(C)CC1C2OCC1(CC(C)C)OC2C. The molecule has 2 aliphatic rings. The van der Waals surface area contributed by atoms with Gasteiger partial charge in [-0.15, -0.1) is 0 Å². The van der Waals surface area contributed by atoms with E-state index in [1.165, 1.54) is 6.42 Å². The quantitative estimate of drug-likeness (QED) is 0.732. The molecule has 0 aromatic carbocycles. The van der Waals surface area contributed by atoms with Crippen molar-refractivity contribution in [3.8, 4) is 0 Å². The van der Waals surface area contributed by atoms with E-state index in [0.29, 0.717) is 17.9 Å². The number of rotatable bonds is 4. The van der Waals surface area contributed by atoms with Crippen molar-refractivity contribution < 1.29 is 9.47 Å². The first-order valence-corrected chi connectivity index (χ1v) is 6.74. The fourth-order valence-electron chi connectivity index (χ4n) is 3.59. The lowest BCUT2D eigenvalue weighted by Gasteiger charge is -2.33. The molecule has 0 radical (unpaired) electrons. The highest BCUT2D eigenvalue weighted by molar-refractivity contribution is 5.06.